The second-order valence-corrected chi connectivity index (χ2v) is 9.67. The van der Waals surface area contributed by atoms with Crippen LogP contribution in [0.2, 0.25) is 0 Å². The van der Waals surface area contributed by atoms with Crippen molar-refractivity contribution in [3.05, 3.63) is 103 Å². The first kappa shape index (κ1) is 20.0. The fraction of sp³-hybridized carbons (Fsp3) is 0.185. The first-order chi connectivity index (χ1) is 14.0. The molecular weight excluding hydrogens is 484 g/mol. The molecule has 0 saturated carbocycles. The maximum atomic E-state index is 3.58. The summed E-state index contributed by atoms with van der Waals surface area (Å²) in [5.74, 6) is 13.8. The zero-order chi connectivity index (χ0) is 20.4. The number of rotatable bonds is 0. The van der Waals surface area contributed by atoms with Gasteiger partial charge in [-0.15, -0.1) is 0 Å². The summed E-state index contributed by atoms with van der Waals surface area (Å²) < 4.78 is 1.96. The van der Waals surface area contributed by atoms with Crippen LogP contribution in [0.25, 0.3) is 0 Å². The molecule has 0 amide bonds. The summed E-state index contributed by atoms with van der Waals surface area (Å²) in [6.07, 6.45) is 1.07. The summed E-state index contributed by atoms with van der Waals surface area (Å²) in [5, 5.41) is 0. The van der Waals surface area contributed by atoms with Crippen LogP contribution in [0.5, 0.6) is 0 Å². The Kier molecular flexibility index (Phi) is 5.69. The standard InChI is InChI=1S/C27H20Br2/c1-27(2)18-21-10-5-6-11-22(21)24(27)17-15-20-9-4-3-8-19(20)14-16-23-25(28)12-7-13-26(23)29/h3-13,24H,18H2,1-2H3. The molecule has 1 atom stereocenters. The Hall–Kier alpha value is -2.26. The van der Waals surface area contributed by atoms with Gasteiger partial charge in [-0.25, -0.2) is 0 Å². The van der Waals surface area contributed by atoms with Gasteiger partial charge in [0, 0.05) is 20.1 Å². The van der Waals surface area contributed by atoms with E-state index >= 15 is 0 Å². The van der Waals surface area contributed by atoms with Crippen molar-refractivity contribution in [2.24, 2.45) is 5.41 Å². The molecule has 3 aromatic carbocycles. The van der Waals surface area contributed by atoms with Crippen molar-refractivity contribution in [1.82, 2.24) is 0 Å². The van der Waals surface area contributed by atoms with Gasteiger partial charge in [-0.3, -0.25) is 0 Å². The van der Waals surface area contributed by atoms with Gasteiger partial charge in [0.1, 0.15) is 0 Å². The quantitative estimate of drug-likeness (QED) is 0.282. The average Bonchev–Trinajstić information content (AvgIpc) is 2.96. The van der Waals surface area contributed by atoms with Crippen molar-refractivity contribution in [2.75, 3.05) is 0 Å². The second-order valence-electron chi connectivity index (χ2n) is 7.96. The van der Waals surface area contributed by atoms with E-state index < -0.39 is 0 Å². The Morgan fingerprint density at radius 2 is 1.38 bits per heavy atom. The molecule has 0 nitrogen and oxygen atoms in total. The van der Waals surface area contributed by atoms with Crippen LogP contribution in [0.4, 0.5) is 0 Å². The SMILES string of the molecule is CC1(C)Cc2ccccc2C1C#Cc1ccccc1C#Cc1c(Br)cccc1Br. The normalized spacial score (nSPS) is 16.2. The smallest absolute Gasteiger partial charge is 0.0533 e. The summed E-state index contributed by atoms with van der Waals surface area (Å²) >= 11 is 7.16. The van der Waals surface area contributed by atoms with Crippen LogP contribution in [0.1, 0.15) is 47.6 Å². The molecule has 1 aliphatic carbocycles. The van der Waals surface area contributed by atoms with Crippen LogP contribution in [0.3, 0.4) is 0 Å². The minimum Gasteiger partial charge on any atom is -0.0891 e. The summed E-state index contributed by atoms with van der Waals surface area (Å²) in [6.45, 7) is 4.62. The maximum Gasteiger partial charge on any atom is 0.0533 e. The van der Waals surface area contributed by atoms with E-state index in [2.05, 4.69) is 99.7 Å². The molecule has 29 heavy (non-hydrogen) atoms. The van der Waals surface area contributed by atoms with E-state index in [1.54, 1.807) is 0 Å². The van der Waals surface area contributed by atoms with Gasteiger partial charge in [0.25, 0.3) is 0 Å². The van der Waals surface area contributed by atoms with Crippen molar-refractivity contribution in [1.29, 1.82) is 0 Å². The zero-order valence-corrected chi connectivity index (χ0v) is 19.6. The number of fused-ring (bicyclic) bond motifs is 1. The summed E-state index contributed by atoms with van der Waals surface area (Å²) in [4.78, 5) is 0. The molecule has 0 fully saturated rings. The lowest BCUT2D eigenvalue weighted by atomic mass is 9.80. The third-order valence-electron chi connectivity index (χ3n) is 5.36. The molecule has 0 heterocycles. The van der Waals surface area contributed by atoms with Gasteiger partial charge in [0.2, 0.25) is 0 Å². The summed E-state index contributed by atoms with van der Waals surface area (Å²) in [5.41, 5.74) is 5.79. The summed E-state index contributed by atoms with van der Waals surface area (Å²) in [6, 6.07) is 22.8. The second kappa shape index (κ2) is 8.23. The Morgan fingerprint density at radius 1 is 0.759 bits per heavy atom. The number of hydrogen-bond donors (Lipinski definition) is 0. The largest absolute Gasteiger partial charge is 0.0891 e. The lowest BCUT2D eigenvalue weighted by Gasteiger charge is -2.22. The molecule has 0 N–H and O–H groups in total. The van der Waals surface area contributed by atoms with Gasteiger partial charge in [-0.05, 0) is 79.1 Å². The van der Waals surface area contributed by atoms with Gasteiger partial charge in [0.05, 0.1) is 11.5 Å². The Balaban J connectivity index is 1.71. The molecule has 2 heteroatoms. The minimum atomic E-state index is 0.136. The third-order valence-corrected chi connectivity index (χ3v) is 6.68. The molecule has 0 bridgehead atoms. The molecule has 1 unspecified atom stereocenters. The lowest BCUT2D eigenvalue weighted by Crippen LogP contribution is -2.16. The van der Waals surface area contributed by atoms with Crippen molar-refractivity contribution >= 4 is 31.9 Å². The number of benzene rings is 3. The van der Waals surface area contributed by atoms with E-state index in [1.165, 1.54) is 11.1 Å². The van der Waals surface area contributed by atoms with Crippen LogP contribution in [0.15, 0.2) is 75.7 Å². The topological polar surface area (TPSA) is 0 Å². The molecule has 142 valence electrons. The molecule has 0 aromatic heterocycles. The average molecular weight is 504 g/mol. The maximum absolute atomic E-state index is 3.58. The van der Waals surface area contributed by atoms with Gasteiger partial charge >= 0.3 is 0 Å². The van der Waals surface area contributed by atoms with E-state index in [4.69, 9.17) is 0 Å². The molecule has 1 aliphatic rings. The Morgan fingerprint density at radius 3 is 2.10 bits per heavy atom. The molecule has 0 radical (unpaired) electrons. The zero-order valence-electron chi connectivity index (χ0n) is 16.4. The first-order valence-corrected chi connectivity index (χ1v) is 11.2. The molecule has 4 rings (SSSR count). The van der Waals surface area contributed by atoms with Crippen LogP contribution < -0.4 is 0 Å². The highest BCUT2D eigenvalue weighted by atomic mass is 79.9. The van der Waals surface area contributed by atoms with E-state index in [0.29, 0.717) is 0 Å². The predicted molar refractivity (Wildman–Crippen MR) is 128 cm³/mol. The third kappa shape index (κ3) is 4.20. The molecule has 0 saturated heterocycles. The van der Waals surface area contributed by atoms with Gasteiger partial charge < -0.3 is 0 Å². The summed E-state index contributed by atoms with van der Waals surface area (Å²) in [7, 11) is 0. The van der Waals surface area contributed by atoms with Gasteiger partial charge in [0.15, 0.2) is 0 Å². The fourth-order valence-electron chi connectivity index (χ4n) is 3.86. The van der Waals surface area contributed by atoms with Crippen molar-refractivity contribution in [2.45, 2.75) is 26.2 Å². The van der Waals surface area contributed by atoms with Crippen molar-refractivity contribution in [3.8, 4) is 23.7 Å². The van der Waals surface area contributed by atoms with Crippen LogP contribution in [-0.4, -0.2) is 0 Å². The van der Waals surface area contributed by atoms with Gasteiger partial charge in [-0.2, -0.15) is 0 Å². The van der Waals surface area contributed by atoms with Crippen LogP contribution in [0, 0.1) is 29.1 Å². The fourth-order valence-corrected chi connectivity index (χ4v) is 5.06. The Labute approximate surface area is 190 Å². The molecule has 0 aliphatic heterocycles. The van der Waals surface area contributed by atoms with Gasteiger partial charge in [-0.1, -0.05) is 80.0 Å². The number of halogens is 2. The van der Waals surface area contributed by atoms with E-state index in [1.807, 2.05) is 36.4 Å². The highest BCUT2D eigenvalue weighted by molar-refractivity contribution is 9.11. The van der Waals surface area contributed by atoms with Crippen molar-refractivity contribution < 1.29 is 0 Å². The van der Waals surface area contributed by atoms with Crippen molar-refractivity contribution in [3.63, 3.8) is 0 Å². The molecule has 0 spiro atoms. The number of hydrogen-bond acceptors (Lipinski definition) is 0. The van der Waals surface area contributed by atoms with Crippen LogP contribution >= 0.6 is 31.9 Å². The minimum absolute atomic E-state index is 0.136. The van der Waals surface area contributed by atoms with E-state index in [9.17, 15) is 0 Å². The highest BCUT2D eigenvalue weighted by Gasteiger charge is 2.37. The monoisotopic (exact) mass is 502 g/mol. The lowest BCUT2D eigenvalue weighted by molar-refractivity contribution is 0.361. The molecule has 3 aromatic rings. The molecular formula is C27H20Br2. The highest BCUT2D eigenvalue weighted by Crippen LogP contribution is 2.46. The van der Waals surface area contributed by atoms with E-state index in [0.717, 1.165) is 32.1 Å². The van der Waals surface area contributed by atoms with E-state index in [-0.39, 0.29) is 11.3 Å². The Bertz CT molecular complexity index is 1180. The first-order valence-electron chi connectivity index (χ1n) is 9.60. The van der Waals surface area contributed by atoms with Crippen LogP contribution in [-0.2, 0) is 6.42 Å². The predicted octanol–water partition coefficient (Wildman–Crippen LogP) is 7.33.